The van der Waals surface area contributed by atoms with Gasteiger partial charge in [-0.05, 0) is 48.7 Å². The lowest BCUT2D eigenvalue weighted by Gasteiger charge is -2.22. The molecule has 0 atom stereocenters. The molecule has 0 fully saturated rings. The summed E-state index contributed by atoms with van der Waals surface area (Å²) in [5.41, 5.74) is 4.99. The summed E-state index contributed by atoms with van der Waals surface area (Å²) in [5.74, 6) is 0. The van der Waals surface area contributed by atoms with Crippen molar-refractivity contribution in [2.45, 2.75) is 20.3 Å². The van der Waals surface area contributed by atoms with Crippen LogP contribution in [0.3, 0.4) is 0 Å². The molecule has 0 aliphatic heterocycles. The molecule has 122 valence electrons. The van der Waals surface area contributed by atoms with Crippen molar-refractivity contribution in [1.29, 1.82) is 0 Å². The Bertz CT molecular complexity index is 609. The minimum atomic E-state index is 1.06. The molecule has 0 heterocycles. The van der Waals surface area contributed by atoms with Gasteiger partial charge < -0.3 is 9.80 Å². The lowest BCUT2D eigenvalue weighted by atomic mass is 10.1. The van der Waals surface area contributed by atoms with Crippen LogP contribution in [0.5, 0.6) is 0 Å². The van der Waals surface area contributed by atoms with Gasteiger partial charge in [0.25, 0.3) is 0 Å². The lowest BCUT2D eigenvalue weighted by Crippen LogP contribution is -2.23. The summed E-state index contributed by atoms with van der Waals surface area (Å²) < 4.78 is 0. The summed E-state index contributed by atoms with van der Waals surface area (Å²) in [7, 11) is 4.12. The summed E-state index contributed by atoms with van der Waals surface area (Å²) in [4.78, 5) is 4.52. The lowest BCUT2D eigenvalue weighted by molar-refractivity contribution is 0.792. The first-order valence-electron chi connectivity index (χ1n) is 8.44. The van der Waals surface area contributed by atoms with E-state index in [1.54, 1.807) is 0 Å². The summed E-state index contributed by atoms with van der Waals surface area (Å²) in [5, 5.41) is 0. The zero-order valence-corrected chi connectivity index (χ0v) is 14.8. The monoisotopic (exact) mass is 308 g/mol. The van der Waals surface area contributed by atoms with Crippen molar-refractivity contribution in [1.82, 2.24) is 0 Å². The highest BCUT2D eigenvalue weighted by Gasteiger charge is 2.01. The van der Waals surface area contributed by atoms with Gasteiger partial charge in [0.1, 0.15) is 0 Å². The summed E-state index contributed by atoms with van der Waals surface area (Å²) in [6.45, 7) is 6.60. The minimum Gasteiger partial charge on any atom is -0.378 e. The molecule has 0 unspecified atom stereocenters. The van der Waals surface area contributed by atoms with Crippen LogP contribution in [-0.2, 0) is 0 Å². The van der Waals surface area contributed by atoms with Crippen LogP contribution in [0, 0.1) is 0 Å². The molecule has 0 N–H and O–H groups in total. The van der Waals surface area contributed by atoms with Gasteiger partial charge in [0.2, 0.25) is 0 Å². The molecule has 0 amide bonds. The van der Waals surface area contributed by atoms with E-state index in [9.17, 15) is 0 Å². The summed E-state index contributed by atoms with van der Waals surface area (Å²) in [6.07, 6.45) is 5.51. The second-order valence-corrected chi connectivity index (χ2v) is 5.99. The predicted octanol–water partition coefficient (Wildman–Crippen LogP) is 5.16. The van der Waals surface area contributed by atoms with Gasteiger partial charge in [0.15, 0.2) is 0 Å². The maximum Gasteiger partial charge on any atom is 0.0366 e. The smallest absolute Gasteiger partial charge is 0.0366 e. The van der Waals surface area contributed by atoms with Crippen LogP contribution in [0.4, 0.5) is 11.4 Å². The van der Waals surface area contributed by atoms with Crippen LogP contribution in [0.15, 0.2) is 48.5 Å². The second kappa shape index (κ2) is 8.42. The van der Waals surface area contributed by atoms with Crippen molar-refractivity contribution in [2.75, 3.05) is 37.0 Å². The molecule has 2 nitrogen and oxygen atoms in total. The normalized spacial score (nSPS) is 11.0. The van der Waals surface area contributed by atoms with Gasteiger partial charge in [-0.2, -0.15) is 0 Å². The zero-order chi connectivity index (χ0) is 16.7. The van der Waals surface area contributed by atoms with Crippen molar-refractivity contribution in [3.63, 3.8) is 0 Å². The van der Waals surface area contributed by atoms with E-state index in [0.717, 1.165) is 13.1 Å². The van der Waals surface area contributed by atoms with E-state index in [2.05, 4.69) is 98.4 Å². The summed E-state index contributed by atoms with van der Waals surface area (Å²) >= 11 is 0. The molecule has 2 heteroatoms. The number of anilines is 2. The predicted molar refractivity (Wildman–Crippen MR) is 104 cm³/mol. The van der Waals surface area contributed by atoms with Gasteiger partial charge in [-0.15, -0.1) is 0 Å². The van der Waals surface area contributed by atoms with E-state index in [-0.39, 0.29) is 0 Å². The molecule has 2 aromatic rings. The van der Waals surface area contributed by atoms with Gasteiger partial charge in [-0.25, -0.2) is 0 Å². The molecule has 0 saturated carbocycles. The molecule has 0 aliphatic rings. The molecule has 2 rings (SSSR count). The van der Waals surface area contributed by atoms with Crippen molar-refractivity contribution in [2.24, 2.45) is 0 Å². The van der Waals surface area contributed by atoms with E-state index in [1.807, 2.05) is 0 Å². The number of rotatable bonds is 7. The van der Waals surface area contributed by atoms with Crippen LogP contribution in [-0.4, -0.2) is 27.2 Å². The fraction of sp³-hybridized carbons (Fsp3) is 0.333. The molecule has 23 heavy (non-hydrogen) atoms. The standard InChI is InChI=1S/C21H28N2/c1-5-17-23(6-2)21-15-11-19(12-16-21)8-7-18-9-13-20(14-10-18)22(3)4/h7-16H,5-6,17H2,1-4H3/b8-7+. The Kier molecular flexibility index (Phi) is 6.28. The SMILES string of the molecule is CCCN(CC)c1ccc(/C=C/c2ccc(N(C)C)cc2)cc1. The highest BCUT2D eigenvalue weighted by Crippen LogP contribution is 2.18. The van der Waals surface area contributed by atoms with Crippen molar-refractivity contribution in [3.05, 3.63) is 59.7 Å². The Balaban J connectivity index is 2.05. The van der Waals surface area contributed by atoms with E-state index in [0.29, 0.717) is 0 Å². The molecule has 0 saturated heterocycles. The average Bonchev–Trinajstić information content (AvgIpc) is 2.59. The Labute approximate surface area is 141 Å². The maximum atomic E-state index is 2.41. The number of nitrogens with zero attached hydrogens (tertiary/aromatic N) is 2. The third-order valence-electron chi connectivity index (χ3n) is 4.01. The van der Waals surface area contributed by atoms with Crippen LogP contribution in [0.25, 0.3) is 12.2 Å². The molecule has 0 aromatic heterocycles. The largest absolute Gasteiger partial charge is 0.378 e. The Morgan fingerprint density at radius 2 is 1.22 bits per heavy atom. The second-order valence-electron chi connectivity index (χ2n) is 5.99. The molecule has 2 aromatic carbocycles. The molecular formula is C21H28N2. The van der Waals surface area contributed by atoms with Crippen LogP contribution in [0.1, 0.15) is 31.4 Å². The third-order valence-corrected chi connectivity index (χ3v) is 4.01. The van der Waals surface area contributed by atoms with Gasteiger partial charge in [0, 0.05) is 38.6 Å². The Hall–Kier alpha value is -2.22. The highest BCUT2D eigenvalue weighted by atomic mass is 15.1. The molecule has 0 radical (unpaired) electrons. The fourth-order valence-corrected chi connectivity index (χ4v) is 2.61. The van der Waals surface area contributed by atoms with E-state index in [4.69, 9.17) is 0 Å². The first-order valence-corrected chi connectivity index (χ1v) is 8.44. The highest BCUT2D eigenvalue weighted by molar-refractivity contribution is 5.71. The Morgan fingerprint density at radius 3 is 1.61 bits per heavy atom. The molecular weight excluding hydrogens is 280 g/mol. The first-order chi connectivity index (χ1) is 11.1. The van der Waals surface area contributed by atoms with Crippen LogP contribution in [0.2, 0.25) is 0 Å². The first kappa shape index (κ1) is 17.1. The maximum absolute atomic E-state index is 2.41. The number of hydrogen-bond donors (Lipinski definition) is 0. The van der Waals surface area contributed by atoms with Crippen molar-refractivity contribution >= 4 is 23.5 Å². The van der Waals surface area contributed by atoms with Gasteiger partial charge in [0.05, 0.1) is 0 Å². The fourth-order valence-electron chi connectivity index (χ4n) is 2.61. The zero-order valence-electron chi connectivity index (χ0n) is 14.8. The van der Waals surface area contributed by atoms with Gasteiger partial charge >= 0.3 is 0 Å². The van der Waals surface area contributed by atoms with Gasteiger partial charge in [-0.3, -0.25) is 0 Å². The Morgan fingerprint density at radius 1 is 0.739 bits per heavy atom. The van der Waals surface area contributed by atoms with E-state index in [1.165, 1.54) is 28.9 Å². The third kappa shape index (κ3) is 4.88. The quantitative estimate of drug-likeness (QED) is 0.652. The van der Waals surface area contributed by atoms with E-state index < -0.39 is 0 Å². The number of hydrogen-bond acceptors (Lipinski definition) is 2. The van der Waals surface area contributed by atoms with Crippen molar-refractivity contribution in [3.8, 4) is 0 Å². The molecule has 0 aliphatic carbocycles. The minimum absolute atomic E-state index is 1.06. The topological polar surface area (TPSA) is 6.48 Å². The number of benzene rings is 2. The van der Waals surface area contributed by atoms with Gasteiger partial charge in [-0.1, -0.05) is 43.3 Å². The average molecular weight is 308 g/mol. The molecule has 0 bridgehead atoms. The van der Waals surface area contributed by atoms with Crippen LogP contribution < -0.4 is 9.80 Å². The summed E-state index contributed by atoms with van der Waals surface area (Å²) in [6, 6.07) is 17.4. The molecule has 0 spiro atoms. The van der Waals surface area contributed by atoms with Crippen LogP contribution >= 0.6 is 0 Å². The van der Waals surface area contributed by atoms with E-state index >= 15 is 0 Å². The van der Waals surface area contributed by atoms with Crippen molar-refractivity contribution < 1.29 is 0 Å².